The summed E-state index contributed by atoms with van der Waals surface area (Å²) in [6.07, 6.45) is 2.07. The molecule has 0 aliphatic heterocycles. The minimum absolute atomic E-state index is 0.108. The molecule has 0 N–H and O–H groups in total. The van der Waals surface area contributed by atoms with E-state index in [2.05, 4.69) is 20.0 Å². The fourth-order valence-electron chi connectivity index (χ4n) is 1.83. The van der Waals surface area contributed by atoms with E-state index >= 15 is 0 Å². The topological polar surface area (TPSA) is 167 Å². The van der Waals surface area contributed by atoms with E-state index in [4.69, 9.17) is 0 Å². The molecule has 0 saturated heterocycles. The number of rotatable bonds is 4. The highest BCUT2D eigenvalue weighted by Crippen LogP contribution is 2.11. The van der Waals surface area contributed by atoms with E-state index in [1.54, 1.807) is 0 Å². The van der Waals surface area contributed by atoms with Gasteiger partial charge in [-0.25, -0.2) is 0 Å². The Morgan fingerprint density at radius 2 is 1.46 bits per heavy atom. The van der Waals surface area contributed by atoms with E-state index in [0.29, 0.717) is 0 Å². The third kappa shape index (κ3) is 2.58. The molecule has 0 fully saturated rings. The lowest BCUT2D eigenvalue weighted by atomic mass is 10.1. The molecule has 0 aromatic carbocycles. The lowest BCUT2D eigenvalue weighted by Crippen LogP contribution is -2.37. The van der Waals surface area contributed by atoms with Gasteiger partial charge in [-0.05, 0) is 17.0 Å². The van der Waals surface area contributed by atoms with Gasteiger partial charge in [-0.2, -0.15) is 0 Å². The predicted molar refractivity (Wildman–Crippen MR) is 68.7 cm³/mol. The number of aromatic nitrogens is 6. The molecule has 0 radical (unpaired) electrons. The zero-order chi connectivity index (χ0) is 17.3. The second-order valence-corrected chi connectivity index (χ2v) is 4.38. The molecule has 24 heavy (non-hydrogen) atoms. The summed E-state index contributed by atoms with van der Waals surface area (Å²) in [5.41, 5.74) is -2.18. The van der Waals surface area contributed by atoms with Crippen LogP contribution in [0.15, 0.2) is 41.3 Å². The van der Waals surface area contributed by atoms with Crippen LogP contribution in [-0.2, 0) is 0 Å². The maximum Gasteiger partial charge on any atom is 0.302 e. The average Bonchev–Trinajstić information content (AvgIpc) is 2.95. The van der Waals surface area contributed by atoms with Gasteiger partial charge in [-0.1, -0.05) is 9.69 Å². The molecular formula is C12H6N6O6. The Morgan fingerprint density at radius 3 is 2.00 bits per heavy atom. The molecule has 12 nitrogen and oxygen atoms in total. The maximum atomic E-state index is 12.3. The summed E-state index contributed by atoms with van der Waals surface area (Å²) < 4.78 is 4.29. The van der Waals surface area contributed by atoms with Crippen molar-refractivity contribution < 1.29 is 28.8 Å². The summed E-state index contributed by atoms with van der Waals surface area (Å²) in [5, 5.41) is 43.9. The number of ketones is 2. The highest BCUT2D eigenvalue weighted by molar-refractivity contribution is 6.15. The van der Waals surface area contributed by atoms with Gasteiger partial charge in [-0.15, -0.1) is 0 Å². The quantitative estimate of drug-likeness (QED) is 0.293. The number of carbonyl (C=O) groups excluding carboxylic acids is 2. The molecular weight excluding hydrogens is 324 g/mol. The third-order valence-corrected chi connectivity index (χ3v) is 2.86. The molecule has 120 valence electrons. The van der Waals surface area contributed by atoms with E-state index in [1.807, 2.05) is 0 Å². The fourth-order valence-corrected chi connectivity index (χ4v) is 1.83. The zero-order valence-corrected chi connectivity index (χ0v) is 11.6. The van der Waals surface area contributed by atoms with Crippen molar-refractivity contribution >= 4 is 11.6 Å². The van der Waals surface area contributed by atoms with Crippen LogP contribution >= 0.6 is 0 Å². The van der Waals surface area contributed by atoms with Crippen LogP contribution in [0.4, 0.5) is 0 Å². The molecule has 0 saturated carbocycles. The van der Waals surface area contributed by atoms with Crippen molar-refractivity contribution in [1.29, 1.82) is 0 Å². The first-order chi connectivity index (χ1) is 11.5. The Labute approximate surface area is 131 Å². The third-order valence-electron chi connectivity index (χ3n) is 2.86. The Morgan fingerprint density at radius 1 is 0.917 bits per heavy atom. The monoisotopic (exact) mass is 330 g/mol. The summed E-state index contributed by atoms with van der Waals surface area (Å²) in [6, 6.07) is 4.85. The number of carbonyl (C=O) groups is 2. The Kier molecular flexibility index (Phi) is 3.54. The summed E-state index contributed by atoms with van der Waals surface area (Å²) >= 11 is 0. The van der Waals surface area contributed by atoms with Gasteiger partial charge >= 0.3 is 5.69 Å². The summed E-state index contributed by atoms with van der Waals surface area (Å²) in [5.74, 6) is -2.03. The van der Waals surface area contributed by atoms with Crippen molar-refractivity contribution in [2.75, 3.05) is 0 Å². The normalized spacial score (nSPS) is 10.5. The number of hydrogen-bond donors (Lipinski definition) is 0. The van der Waals surface area contributed by atoms with Gasteiger partial charge in [0.25, 0.3) is 17.3 Å². The Hall–Kier alpha value is -3.96. The van der Waals surface area contributed by atoms with Crippen molar-refractivity contribution in [3.63, 3.8) is 0 Å². The molecule has 0 bridgehead atoms. The van der Waals surface area contributed by atoms with Crippen LogP contribution in [0.25, 0.3) is 0 Å². The van der Waals surface area contributed by atoms with Crippen molar-refractivity contribution in [1.82, 2.24) is 15.4 Å². The molecule has 0 unspecified atom stereocenters. The van der Waals surface area contributed by atoms with Crippen molar-refractivity contribution in [2.45, 2.75) is 0 Å². The summed E-state index contributed by atoms with van der Waals surface area (Å²) in [6.45, 7) is 0. The Bertz CT molecular complexity index is 955. The standard InChI is InChI=1S/C12H6N6O6/c19-11(7-3-1-5-16(21)13-7)9-10(18(23)24-15-9)12(20)8-4-2-6-17(22)14-8/h1-6H. The first kappa shape index (κ1) is 15.0. The zero-order valence-electron chi connectivity index (χ0n) is 11.6. The number of nitrogens with zero attached hydrogens (tertiary/aromatic N) is 6. The van der Waals surface area contributed by atoms with Crippen molar-refractivity contribution in [2.24, 2.45) is 0 Å². The Balaban J connectivity index is 2.06. The van der Waals surface area contributed by atoms with Gasteiger partial charge < -0.3 is 15.6 Å². The van der Waals surface area contributed by atoms with Crippen LogP contribution in [0.2, 0.25) is 0 Å². The predicted octanol–water partition coefficient (Wildman–Crippen LogP) is -2.17. The van der Waals surface area contributed by atoms with Gasteiger partial charge in [-0.3, -0.25) is 14.2 Å². The minimum Gasteiger partial charge on any atom is -0.594 e. The van der Waals surface area contributed by atoms with Gasteiger partial charge in [0.2, 0.25) is 12.4 Å². The van der Waals surface area contributed by atoms with Gasteiger partial charge in [0.05, 0.1) is 5.16 Å². The molecule has 3 rings (SSSR count). The van der Waals surface area contributed by atoms with Crippen molar-refractivity contribution in [3.8, 4) is 0 Å². The van der Waals surface area contributed by atoms with Crippen LogP contribution in [0, 0.1) is 15.6 Å². The molecule has 3 aromatic heterocycles. The first-order valence-corrected chi connectivity index (χ1v) is 6.29. The van der Waals surface area contributed by atoms with Gasteiger partial charge in [0, 0.05) is 22.3 Å². The first-order valence-electron chi connectivity index (χ1n) is 6.29. The van der Waals surface area contributed by atoms with Gasteiger partial charge in [0.15, 0.2) is 11.4 Å². The van der Waals surface area contributed by atoms with Crippen LogP contribution in [0.1, 0.15) is 32.4 Å². The van der Waals surface area contributed by atoms with Crippen LogP contribution in [0.5, 0.6) is 0 Å². The van der Waals surface area contributed by atoms with Crippen LogP contribution in [0.3, 0.4) is 0 Å². The van der Waals surface area contributed by atoms with E-state index in [1.165, 1.54) is 24.3 Å². The SMILES string of the molecule is O=C(c1ccc[n+]([O-])n1)c1no[n+]([O-])c1C(=O)c1ccc[n+]([O-])n1. The van der Waals surface area contributed by atoms with Gasteiger partial charge in [0.1, 0.15) is 0 Å². The second kappa shape index (κ2) is 5.68. The summed E-state index contributed by atoms with van der Waals surface area (Å²) in [7, 11) is 0. The van der Waals surface area contributed by atoms with Crippen molar-refractivity contribution in [3.05, 3.63) is 75.1 Å². The fraction of sp³-hybridized carbons (Fsp3) is 0. The van der Waals surface area contributed by atoms with E-state index in [9.17, 15) is 25.2 Å². The van der Waals surface area contributed by atoms with E-state index in [0.717, 1.165) is 12.4 Å². The lowest BCUT2D eigenvalue weighted by molar-refractivity contribution is -0.803. The molecule has 12 heteroatoms. The molecule has 0 amide bonds. The largest absolute Gasteiger partial charge is 0.594 e. The van der Waals surface area contributed by atoms with E-state index in [-0.39, 0.29) is 20.3 Å². The molecule has 0 aliphatic carbocycles. The van der Waals surface area contributed by atoms with Crippen LogP contribution < -0.4 is 14.6 Å². The maximum absolute atomic E-state index is 12.3. The summed E-state index contributed by atoms with van der Waals surface area (Å²) in [4.78, 5) is 24.6. The lowest BCUT2D eigenvalue weighted by Gasteiger charge is -1.98. The minimum atomic E-state index is -1.05. The molecule has 0 aliphatic rings. The molecule has 3 heterocycles. The van der Waals surface area contributed by atoms with E-state index < -0.39 is 28.6 Å². The number of hydrogen-bond acceptors (Lipinski definition) is 9. The highest BCUT2D eigenvalue weighted by atomic mass is 16.8. The molecule has 0 atom stereocenters. The average molecular weight is 330 g/mol. The highest BCUT2D eigenvalue weighted by Gasteiger charge is 2.36. The molecule has 0 spiro atoms. The smallest absolute Gasteiger partial charge is 0.302 e. The second-order valence-electron chi connectivity index (χ2n) is 4.38. The molecule has 3 aromatic rings. The van der Waals surface area contributed by atoms with Crippen LogP contribution in [-0.4, -0.2) is 26.9 Å².